The number of hydrogen-bond donors (Lipinski definition) is 0. The summed E-state index contributed by atoms with van der Waals surface area (Å²) in [6.07, 6.45) is 6.53. The monoisotopic (exact) mass is 238 g/mol. The molecule has 7 heteroatoms. The molecule has 7 nitrogen and oxygen atoms in total. The number of esters is 1. The molecule has 1 aromatic rings. The lowest BCUT2D eigenvalue weighted by molar-refractivity contribution is -0.134. The highest BCUT2D eigenvalue weighted by Gasteiger charge is 2.20. The van der Waals surface area contributed by atoms with Crippen molar-refractivity contribution in [2.45, 2.75) is 31.7 Å². The van der Waals surface area contributed by atoms with Gasteiger partial charge in [0.2, 0.25) is 0 Å². The fraction of sp³-hybridized carbons (Fsp3) is 0.600. The van der Waals surface area contributed by atoms with Gasteiger partial charge in [-0.15, -0.1) is 0 Å². The van der Waals surface area contributed by atoms with Crippen LogP contribution >= 0.6 is 0 Å². The van der Waals surface area contributed by atoms with Crippen LogP contribution in [0.25, 0.3) is 6.20 Å². The quantitative estimate of drug-likeness (QED) is 0.555. The van der Waals surface area contributed by atoms with Gasteiger partial charge in [-0.1, -0.05) is 12.8 Å². The van der Waals surface area contributed by atoms with Gasteiger partial charge in [-0.3, -0.25) is 0 Å². The van der Waals surface area contributed by atoms with Crippen LogP contribution < -0.4 is 5.69 Å². The normalized spacial score (nSPS) is 16.8. The molecule has 0 radical (unpaired) electrons. The first-order valence-corrected chi connectivity index (χ1v) is 5.52. The Morgan fingerprint density at radius 3 is 2.76 bits per heavy atom. The molecule has 1 saturated carbocycles. The summed E-state index contributed by atoms with van der Waals surface area (Å²) in [5.41, 5.74) is -0.322. The molecule has 0 atom stereocenters. The van der Waals surface area contributed by atoms with Crippen molar-refractivity contribution in [1.82, 2.24) is 19.8 Å². The topological polar surface area (TPSA) is 79.0 Å². The Hall–Kier alpha value is -1.92. The van der Waals surface area contributed by atoms with E-state index in [0.717, 1.165) is 36.4 Å². The molecule has 0 amide bonds. The lowest BCUT2D eigenvalue weighted by Gasteiger charge is -2.04. The predicted octanol–water partition coefficient (Wildman–Crippen LogP) is 0.199. The number of carbonyl (C=O) groups is 1. The second-order valence-electron chi connectivity index (χ2n) is 3.93. The zero-order valence-corrected chi connectivity index (χ0v) is 9.57. The highest BCUT2D eigenvalue weighted by atomic mass is 16.5. The van der Waals surface area contributed by atoms with Crippen LogP contribution in [-0.4, -0.2) is 32.9 Å². The van der Waals surface area contributed by atoms with E-state index in [-0.39, 0.29) is 11.7 Å². The molecule has 0 aliphatic heterocycles. The molecular formula is C10H14N4O3. The first-order valence-electron chi connectivity index (χ1n) is 5.52. The Morgan fingerprint density at radius 2 is 2.12 bits per heavy atom. The van der Waals surface area contributed by atoms with Gasteiger partial charge in [0.15, 0.2) is 0 Å². The van der Waals surface area contributed by atoms with Gasteiger partial charge in [0.25, 0.3) is 0 Å². The van der Waals surface area contributed by atoms with Gasteiger partial charge in [-0.05, 0) is 23.3 Å². The number of aromatic nitrogens is 4. The average molecular weight is 238 g/mol. The maximum absolute atomic E-state index is 11.9. The van der Waals surface area contributed by atoms with Crippen LogP contribution in [0.5, 0.6) is 0 Å². The molecule has 1 aliphatic carbocycles. The zero-order valence-electron chi connectivity index (χ0n) is 9.57. The molecule has 0 aromatic carbocycles. The summed E-state index contributed by atoms with van der Waals surface area (Å²) >= 11 is 0. The lowest BCUT2D eigenvalue weighted by Crippen LogP contribution is -2.25. The molecule has 1 aliphatic rings. The van der Waals surface area contributed by atoms with Crippen LogP contribution in [-0.2, 0) is 9.53 Å². The van der Waals surface area contributed by atoms with Gasteiger partial charge >= 0.3 is 11.7 Å². The summed E-state index contributed by atoms with van der Waals surface area (Å²) in [5, 5.41) is 7.50. The summed E-state index contributed by atoms with van der Waals surface area (Å²) in [6, 6.07) is 0.141. The first-order chi connectivity index (χ1) is 8.22. The van der Waals surface area contributed by atoms with E-state index < -0.39 is 5.97 Å². The van der Waals surface area contributed by atoms with Crippen molar-refractivity contribution in [3.63, 3.8) is 0 Å². The summed E-state index contributed by atoms with van der Waals surface area (Å²) in [5.74, 6) is -0.535. The molecule has 0 bridgehead atoms. The molecular weight excluding hydrogens is 224 g/mol. The smallest absolute Gasteiger partial charge is 0.368 e. The first kappa shape index (κ1) is 11.6. The number of tetrazole rings is 1. The Labute approximate surface area is 97.7 Å². The van der Waals surface area contributed by atoms with Crippen LogP contribution in [0.3, 0.4) is 0 Å². The van der Waals surface area contributed by atoms with Gasteiger partial charge in [0, 0.05) is 12.3 Å². The van der Waals surface area contributed by atoms with E-state index in [1.807, 2.05) is 0 Å². The predicted molar refractivity (Wildman–Crippen MR) is 59.1 cm³/mol. The minimum Gasteiger partial charge on any atom is -0.466 e. The summed E-state index contributed by atoms with van der Waals surface area (Å²) in [7, 11) is 1.27. The molecule has 17 heavy (non-hydrogen) atoms. The van der Waals surface area contributed by atoms with Gasteiger partial charge in [0.05, 0.1) is 13.2 Å². The van der Waals surface area contributed by atoms with E-state index in [1.54, 1.807) is 0 Å². The largest absolute Gasteiger partial charge is 0.466 e. The highest BCUT2D eigenvalue weighted by Crippen LogP contribution is 2.26. The number of rotatable bonds is 3. The van der Waals surface area contributed by atoms with E-state index >= 15 is 0 Å². The molecule has 0 unspecified atom stereocenters. The van der Waals surface area contributed by atoms with Gasteiger partial charge in [0.1, 0.15) is 0 Å². The van der Waals surface area contributed by atoms with Crippen molar-refractivity contribution in [2.24, 2.45) is 0 Å². The van der Waals surface area contributed by atoms with Crippen LogP contribution in [0, 0.1) is 0 Å². The van der Waals surface area contributed by atoms with E-state index in [2.05, 4.69) is 15.2 Å². The van der Waals surface area contributed by atoms with Crippen molar-refractivity contribution >= 4 is 12.2 Å². The van der Waals surface area contributed by atoms with E-state index in [4.69, 9.17) is 0 Å². The Kier molecular flexibility index (Phi) is 3.36. The van der Waals surface area contributed by atoms with Crippen molar-refractivity contribution in [3.8, 4) is 0 Å². The number of hydrogen-bond acceptors (Lipinski definition) is 5. The summed E-state index contributed by atoms with van der Waals surface area (Å²) in [4.78, 5) is 22.7. The Bertz CT molecular complexity index is 482. The molecule has 2 rings (SSSR count). The number of nitrogens with zero attached hydrogens (tertiary/aromatic N) is 4. The van der Waals surface area contributed by atoms with Crippen molar-refractivity contribution in [3.05, 3.63) is 16.6 Å². The Balaban J connectivity index is 2.18. The molecule has 1 heterocycles. The molecule has 92 valence electrons. The van der Waals surface area contributed by atoms with Crippen LogP contribution in [0.15, 0.2) is 10.9 Å². The molecule has 0 saturated heterocycles. The minimum absolute atomic E-state index is 0.141. The summed E-state index contributed by atoms with van der Waals surface area (Å²) in [6.45, 7) is 0. The third-order valence-electron chi connectivity index (χ3n) is 2.85. The maximum atomic E-state index is 11.9. The fourth-order valence-electron chi connectivity index (χ4n) is 1.94. The molecule has 1 aromatic heterocycles. The fourth-order valence-corrected chi connectivity index (χ4v) is 1.94. The van der Waals surface area contributed by atoms with Gasteiger partial charge in [-0.25, -0.2) is 9.59 Å². The van der Waals surface area contributed by atoms with E-state index in [0.29, 0.717) is 0 Å². The van der Waals surface area contributed by atoms with Crippen molar-refractivity contribution in [2.75, 3.05) is 7.11 Å². The number of methoxy groups -OCH3 is 1. The SMILES string of the molecule is COC(=O)/C=C/n1nnn(C2CCCC2)c1=O. The van der Waals surface area contributed by atoms with Crippen LogP contribution in [0.4, 0.5) is 0 Å². The molecule has 1 fully saturated rings. The number of carbonyl (C=O) groups excluding carboxylic acids is 1. The van der Waals surface area contributed by atoms with Crippen LogP contribution in [0.1, 0.15) is 31.7 Å². The number of ether oxygens (including phenoxy) is 1. The third-order valence-corrected chi connectivity index (χ3v) is 2.85. The van der Waals surface area contributed by atoms with Crippen LogP contribution in [0.2, 0.25) is 0 Å². The lowest BCUT2D eigenvalue weighted by atomic mass is 10.3. The molecule has 0 spiro atoms. The van der Waals surface area contributed by atoms with Crippen molar-refractivity contribution < 1.29 is 9.53 Å². The third kappa shape index (κ3) is 2.43. The van der Waals surface area contributed by atoms with Gasteiger partial charge < -0.3 is 4.74 Å². The van der Waals surface area contributed by atoms with Crippen molar-refractivity contribution in [1.29, 1.82) is 0 Å². The van der Waals surface area contributed by atoms with Gasteiger partial charge in [-0.2, -0.15) is 9.36 Å². The molecule has 0 N–H and O–H groups in total. The Morgan fingerprint density at radius 1 is 1.41 bits per heavy atom. The van der Waals surface area contributed by atoms with E-state index in [9.17, 15) is 9.59 Å². The van der Waals surface area contributed by atoms with E-state index in [1.165, 1.54) is 18.0 Å². The highest BCUT2D eigenvalue weighted by molar-refractivity contribution is 5.84. The second-order valence-corrected chi connectivity index (χ2v) is 3.93. The zero-order chi connectivity index (χ0) is 12.3. The minimum atomic E-state index is -0.535. The average Bonchev–Trinajstić information content (AvgIpc) is 2.95. The summed E-state index contributed by atoms with van der Waals surface area (Å²) < 4.78 is 6.84. The standard InChI is InChI=1S/C10H14N4O3/c1-17-9(15)6-7-13-10(16)14(12-11-13)8-4-2-3-5-8/h6-8H,2-5H2,1H3/b7-6+. The maximum Gasteiger partial charge on any atom is 0.368 e. The second kappa shape index (κ2) is 4.94.